The largest absolute Gasteiger partial charge is 0.481 e. The average Bonchev–Trinajstić information content (AvgIpc) is 3.13. The van der Waals surface area contributed by atoms with Gasteiger partial charge in [0.05, 0.1) is 17.4 Å². The number of fused-ring (bicyclic) bond motifs is 1. The first kappa shape index (κ1) is 26.8. The summed E-state index contributed by atoms with van der Waals surface area (Å²) >= 11 is 12.4. The average molecular weight is 538 g/mol. The van der Waals surface area contributed by atoms with E-state index in [-0.39, 0.29) is 18.1 Å². The predicted octanol–water partition coefficient (Wildman–Crippen LogP) is 4.49. The summed E-state index contributed by atoms with van der Waals surface area (Å²) in [6.45, 7) is 4.66. The number of anilines is 1. The van der Waals surface area contributed by atoms with E-state index < -0.39 is 11.5 Å². The molecule has 0 saturated carbocycles. The number of ether oxygens (including phenoxy) is 1. The lowest BCUT2D eigenvalue weighted by molar-refractivity contribution is -0.119. The summed E-state index contributed by atoms with van der Waals surface area (Å²) in [5.41, 5.74) is 9.60. The molecule has 0 radical (unpaired) electrons. The van der Waals surface area contributed by atoms with E-state index in [1.54, 1.807) is 34.7 Å². The molecule has 1 aliphatic rings. The quantitative estimate of drug-likeness (QED) is 0.450. The van der Waals surface area contributed by atoms with Gasteiger partial charge in [-0.2, -0.15) is 0 Å². The summed E-state index contributed by atoms with van der Waals surface area (Å²) in [5, 5.41) is 1.01. The molecular formula is C29H29Cl2N3O3. The lowest BCUT2D eigenvalue weighted by Gasteiger charge is -2.23. The third-order valence-corrected chi connectivity index (χ3v) is 7.22. The van der Waals surface area contributed by atoms with Crippen LogP contribution in [0.4, 0.5) is 5.69 Å². The van der Waals surface area contributed by atoms with Gasteiger partial charge in [-0.15, -0.1) is 6.42 Å². The Kier molecular flexibility index (Phi) is 7.70. The molecule has 0 fully saturated rings. The Morgan fingerprint density at radius 3 is 2.51 bits per heavy atom. The molecule has 0 saturated heterocycles. The van der Waals surface area contributed by atoms with Gasteiger partial charge in [0, 0.05) is 41.0 Å². The Hall–Kier alpha value is -3.24. The number of carbonyl (C=O) groups is 1. The number of hydrogen-bond donors (Lipinski definition) is 1. The van der Waals surface area contributed by atoms with E-state index in [0.717, 1.165) is 16.8 Å². The van der Waals surface area contributed by atoms with Gasteiger partial charge in [0.25, 0.3) is 5.56 Å². The number of benzene rings is 2. The van der Waals surface area contributed by atoms with E-state index in [4.69, 9.17) is 40.1 Å². The van der Waals surface area contributed by atoms with E-state index >= 15 is 0 Å². The Labute approximate surface area is 226 Å². The molecule has 1 atom stereocenters. The van der Waals surface area contributed by atoms with Crippen molar-refractivity contribution in [1.82, 2.24) is 4.57 Å². The summed E-state index contributed by atoms with van der Waals surface area (Å²) in [6, 6.07) is 13.6. The van der Waals surface area contributed by atoms with Crippen LogP contribution in [0.15, 0.2) is 53.3 Å². The van der Waals surface area contributed by atoms with Crippen molar-refractivity contribution in [3.63, 3.8) is 0 Å². The van der Waals surface area contributed by atoms with Crippen LogP contribution in [0, 0.1) is 12.3 Å². The first-order chi connectivity index (χ1) is 17.5. The zero-order valence-electron chi connectivity index (χ0n) is 21.1. The topological polar surface area (TPSA) is 77.6 Å². The third kappa shape index (κ3) is 5.55. The van der Waals surface area contributed by atoms with Crippen molar-refractivity contribution >= 4 is 34.8 Å². The maximum absolute atomic E-state index is 13.6. The van der Waals surface area contributed by atoms with Crippen molar-refractivity contribution in [3.05, 3.63) is 91.3 Å². The molecule has 3 aromatic rings. The zero-order valence-corrected chi connectivity index (χ0v) is 22.6. The zero-order chi connectivity index (χ0) is 26.9. The summed E-state index contributed by atoms with van der Waals surface area (Å²) in [6.07, 6.45) is 5.91. The maximum atomic E-state index is 13.6. The Morgan fingerprint density at radius 1 is 1.16 bits per heavy atom. The highest BCUT2D eigenvalue weighted by molar-refractivity contribution is 6.35. The number of aromatic nitrogens is 1. The second-order valence-corrected chi connectivity index (χ2v) is 10.8. The second kappa shape index (κ2) is 10.6. The summed E-state index contributed by atoms with van der Waals surface area (Å²) < 4.78 is 7.05. The van der Waals surface area contributed by atoms with Gasteiger partial charge in [0.2, 0.25) is 5.91 Å². The summed E-state index contributed by atoms with van der Waals surface area (Å²) in [4.78, 5) is 28.6. The lowest BCUT2D eigenvalue weighted by Crippen LogP contribution is -2.46. The number of rotatable bonds is 7. The summed E-state index contributed by atoms with van der Waals surface area (Å²) in [5.74, 6) is 2.89. The predicted molar refractivity (Wildman–Crippen MR) is 149 cm³/mol. The molecule has 0 aliphatic carbocycles. The van der Waals surface area contributed by atoms with Crippen molar-refractivity contribution < 1.29 is 9.53 Å². The highest BCUT2D eigenvalue weighted by Crippen LogP contribution is 2.40. The number of pyridine rings is 1. The number of amides is 1. The fraction of sp³-hybridized carbons (Fsp3) is 0.310. The molecule has 6 nitrogen and oxygen atoms in total. The smallest absolute Gasteiger partial charge is 0.254 e. The number of halogens is 2. The number of carbonyl (C=O) groups excluding carboxylic acids is 1. The van der Waals surface area contributed by atoms with Gasteiger partial charge < -0.3 is 19.9 Å². The molecule has 4 rings (SSSR count). The van der Waals surface area contributed by atoms with Crippen LogP contribution >= 0.6 is 23.2 Å². The Bertz CT molecular complexity index is 1440. The standard InChI is InChI=1S/C29H29Cl2N3O3/c1-5-12-37-22-10-6-18(7-11-22)13-24(32)28(36)34-17-29(2,3)26-25(34)15-20(27(35)33(26)4)14-19-8-9-21(30)16-23(19)31/h1,6-11,15-16,24H,12-14,17,32H2,2-4H3/t24-/m0/s1. The van der Waals surface area contributed by atoms with Gasteiger partial charge >= 0.3 is 0 Å². The van der Waals surface area contributed by atoms with E-state index in [1.165, 1.54) is 0 Å². The molecule has 192 valence electrons. The molecule has 0 bridgehead atoms. The molecule has 0 spiro atoms. The monoisotopic (exact) mass is 537 g/mol. The Morgan fingerprint density at radius 2 is 1.86 bits per heavy atom. The van der Waals surface area contributed by atoms with Crippen LogP contribution in [0.3, 0.4) is 0 Å². The van der Waals surface area contributed by atoms with Crippen molar-refractivity contribution in [2.24, 2.45) is 12.8 Å². The molecular weight excluding hydrogens is 509 g/mol. The highest BCUT2D eigenvalue weighted by atomic mass is 35.5. The van der Waals surface area contributed by atoms with Gasteiger partial charge in [-0.05, 0) is 47.9 Å². The Balaban J connectivity index is 1.62. The molecule has 1 aliphatic heterocycles. The van der Waals surface area contributed by atoms with E-state index in [0.29, 0.717) is 46.4 Å². The normalized spacial score (nSPS) is 14.7. The second-order valence-electron chi connectivity index (χ2n) is 9.94. The molecule has 2 aromatic carbocycles. The van der Waals surface area contributed by atoms with Gasteiger partial charge in [-0.1, -0.05) is 61.2 Å². The lowest BCUT2D eigenvalue weighted by atomic mass is 9.90. The van der Waals surface area contributed by atoms with Crippen molar-refractivity contribution in [2.75, 3.05) is 18.1 Å². The molecule has 2 N–H and O–H groups in total. The number of hydrogen-bond acceptors (Lipinski definition) is 4. The van der Waals surface area contributed by atoms with Crippen LogP contribution in [-0.4, -0.2) is 29.7 Å². The molecule has 8 heteroatoms. The van der Waals surface area contributed by atoms with Gasteiger partial charge in [0.1, 0.15) is 12.4 Å². The van der Waals surface area contributed by atoms with Crippen LogP contribution in [0.25, 0.3) is 0 Å². The first-order valence-electron chi connectivity index (χ1n) is 11.9. The fourth-order valence-electron chi connectivity index (χ4n) is 4.93. The fourth-order valence-corrected chi connectivity index (χ4v) is 5.40. The molecule has 1 amide bonds. The highest BCUT2D eigenvalue weighted by Gasteiger charge is 2.42. The number of nitrogens with two attached hydrogens (primary N) is 1. The van der Waals surface area contributed by atoms with E-state index in [2.05, 4.69) is 5.92 Å². The molecule has 2 heterocycles. The van der Waals surface area contributed by atoms with E-state index in [1.807, 2.05) is 44.2 Å². The minimum Gasteiger partial charge on any atom is -0.481 e. The molecule has 1 aromatic heterocycles. The van der Waals surface area contributed by atoms with Crippen LogP contribution in [-0.2, 0) is 30.1 Å². The number of terminal acetylenes is 1. The van der Waals surface area contributed by atoms with Crippen molar-refractivity contribution in [3.8, 4) is 18.1 Å². The van der Waals surface area contributed by atoms with Gasteiger partial charge in [0.15, 0.2) is 0 Å². The number of nitrogens with zero attached hydrogens (tertiary/aromatic N) is 2. The first-order valence-corrected chi connectivity index (χ1v) is 12.7. The minimum atomic E-state index is -0.759. The SMILES string of the molecule is C#CCOc1ccc(C[C@H](N)C(=O)N2CC(C)(C)c3c2cc(Cc2ccc(Cl)cc2Cl)c(=O)n3C)cc1. The van der Waals surface area contributed by atoms with Crippen LogP contribution in [0.2, 0.25) is 10.0 Å². The van der Waals surface area contributed by atoms with Crippen LogP contribution < -0.4 is 20.9 Å². The van der Waals surface area contributed by atoms with Gasteiger partial charge in [-0.3, -0.25) is 9.59 Å². The van der Waals surface area contributed by atoms with Crippen LogP contribution in [0.1, 0.15) is 36.2 Å². The van der Waals surface area contributed by atoms with Crippen LogP contribution in [0.5, 0.6) is 5.75 Å². The minimum absolute atomic E-state index is 0.122. The van der Waals surface area contributed by atoms with E-state index in [9.17, 15) is 9.59 Å². The molecule has 37 heavy (non-hydrogen) atoms. The molecule has 0 unspecified atom stereocenters. The van der Waals surface area contributed by atoms with Crippen molar-refractivity contribution in [2.45, 2.75) is 38.1 Å². The van der Waals surface area contributed by atoms with Gasteiger partial charge in [-0.25, -0.2) is 0 Å². The maximum Gasteiger partial charge on any atom is 0.254 e. The van der Waals surface area contributed by atoms with Crippen molar-refractivity contribution in [1.29, 1.82) is 0 Å². The third-order valence-electron chi connectivity index (χ3n) is 6.63. The summed E-state index contributed by atoms with van der Waals surface area (Å²) in [7, 11) is 1.74.